The van der Waals surface area contributed by atoms with E-state index in [1.54, 1.807) is 0 Å². The number of hydrogen-bond acceptors (Lipinski definition) is 2. The van der Waals surface area contributed by atoms with Crippen molar-refractivity contribution in [3.05, 3.63) is 0 Å². The summed E-state index contributed by atoms with van der Waals surface area (Å²) in [6, 6.07) is 0. The molecule has 0 aliphatic carbocycles. The Bertz CT molecular complexity index is 104. The molecular weight excluding hydrogens is 162 g/mol. The van der Waals surface area contributed by atoms with Gasteiger partial charge in [0, 0.05) is 6.54 Å². The van der Waals surface area contributed by atoms with E-state index in [4.69, 9.17) is 4.84 Å². The molecule has 0 amide bonds. The third kappa shape index (κ3) is 8.26. The maximum Gasteiger partial charge on any atom is 0.0734 e. The Morgan fingerprint density at radius 3 is 2.38 bits per heavy atom. The van der Waals surface area contributed by atoms with Crippen LogP contribution in [-0.2, 0) is 4.84 Å². The molecule has 0 aromatic rings. The molecule has 1 atom stereocenters. The van der Waals surface area contributed by atoms with E-state index in [9.17, 15) is 0 Å². The molecule has 80 valence electrons. The van der Waals surface area contributed by atoms with Crippen molar-refractivity contribution in [1.29, 1.82) is 0 Å². The molecule has 0 rings (SSSR count). The largest absolute Gasteiger partial charge is 0.299 e. The Hall–Kier alpha value is -0.0800. The SMILES string of the molecule is CCCCC(CC)CNOC(C)C. The molecule has 0 spiro atoms. The van der Waals surface area contributed by atoms with Crippen LogP contribution in [0.2, 0.25) is 0 Å². The lowest BCUT2D eigenvalue weighted by molar-refractivity contribution is -0.0125. The highest BCUT2D eigenvalue weighted by Crippen LogP contribution is 2.11. The molecule has 1 unspecified atom stereocenters. The van der Waals surface area contributed by atoms with Crippen LogP contribution in [0.25, 0.3) is 0 Å². The molecule has 0 saturated heterocycles. The topological polar surface area (TPSA) is 21.3 Å². The van der Waals surface area contributed by atoms with Crippen LogP contribution in [-0.4, -0.2) is 12.6 Å². The molecule has 0 saturated carbocycles. The van der Waals surface area contributed by atoms with Crippen molar-refractivity contribution >= 4 is 0 Å². The summed E-state index contributed by atoms with van der Waals surface area (Å²) in [6.07, 6.45) is 5.47. The average Bonchev–Trinajstić information content (AvgIpc) is 2.10. The fourth-order valence-electron chi connectivity index (χ4n) is 1.28. The van der Waals surface area contributed by atoms with Gasteiger partial charge in [-0.1, -0.05) is 33.1 Å². The second-order valence-corrected chi connectivity index (χ2v) is 3.93. The Kier molecular flexibility index (Phi) is 8.46. The van der Waals surface area contributed by atoms with Crippen LogP contribution in [0.15, 0.2) is 0 Å². The summed E-state index contributed by atoms with van der Waals surface area (Å²) in [5.41, 5.74) is 3.04. The van der Waals surface area contributed by atoms with Gasteiger partial charge in [0.25, 0.3) is 0 Å². The van der Waals surface area contributed by atoms with Crippen LogP contribution in [0.1, 0.15) is 53.4 Å². The van der Waals surface area contributed by atoms with Crippen molar-refractivity contribution in [3.63, 3.8) is 0 Å². The number of hydroxylamine groups is 1. The lowest BCUT2D eigenvalue weighted by Crippen LogP contribution is -2.25. The van der Waals surface area contributed by atoms with Gasteiger partial charge >= 0.3 is 0 Å². The summed E-state index contributed by atoms with van der Waals surface area (Å²) in [7, 11) is 0. The maximum atomic E-state index is 5.30. The van der Waals surface area contributed by atoms with Gasteiger partial charge in [-0.3, -0.25) is 4.84 Å². The standard InChI is InChI=1S/C11H25NO/c1-5-7-8-11(6-2)9-12-13-10(3)4/h10-12H,5-9H2,1-4H3. The summed E-state index contributed by atoms with van der Waals surface area (Å²) in [6.45, 7) is 9.57. The fourth-order valence-corrected chi connectivity index (χ4v) is 1.28. The second-order valence-electron chi connectivity index (χ2n) is 3.93. The predicted molar refractivity (Wildman–Crippen MR) is 57.5 cm³/mol. The minimum Gasteiger partial charge on any atom is -0.299 e. The summed E-state index contributed by atoms with van der Waals surface area (Å²) < 4.78 is 0. The van der Waals surface area contributed by atoms with E-state index in [0.717, 1.165) is 12.5 Å². The van der Waals surface area contributed by atoms with E-state index in [1.807, 2.05) is 13.8 Å². The quantitative estimate of drug-likeness (QED) is 0.589. The number of rotatable bonds is 8. The van der Waals surface area contributed by atoms with Crippen molar-refractivity contribution in [2.75, 3.05) is 6.54 Å². The zero-order valence-electron chi connectivity index (χ0n) is 9.60. The molecule has 0 aliphatic rings. The first-order valence-corrected chi connectivity index (χ1v) is 5.59. The van der Waals surface area contributed by atoms with Crippen LogP contribution in [0.5, 0.6) is 0 Å². The van der Waals surface area contributed by atoms with Crippen molar-refractivity contribution in [3.8, 4) is 0 Å². The molecule has 13 heavy (non-hydrogen) atoms. The number of nitrogens with one attached hydrogen (secondary N) is 1. The Balaban J connectivity index is 3.36. The van der Waals surface area contributed by atoms with E-state index in [0.29, 0.717) is 0 Å². The molecule has 0 aromatic carbocycles. The summed E-state index contributed by atoms with van der Waals surface area (Å²) in [5, 5.41) is 0. The lowest BCUT2D eigenvalue weighted by atomic mass is 10.00. The zero-order chi connectivity index (χ0) is 10.1. The van der Waals surface area contributed by atoms with E-state index < -0.39 is 0 Å². The molecule has 0 bridgehead atoms. The van der Waals surface area contributed by atoms with Crippen LogP contribution in [0.3, 0.4) is 0 Å². The molecule has 2 heteroatoms. The van der Waals surface area contributed by atoms with E-state index in [2.05, 4.69) is 19.3 Å². The van der Waals surface area contributed by atoms with Crippen molar-refractivity contribution < 1.29 is 4.84 Å². The van der Waals surface area contributed by atoms with E-state index in [-0.39, 0.29) is 6.10 Å². The van der Waals surface area contributed by atoms with Crippen LogP contribution in [0, 0.1) is 5.92 Å². The fraction of sp³-hybridized carbons (Fsp3) is 1.00. The molecular formula is C11H25NO. The van der Waals surface area contributed by atoms with Gasteiger partial charge in [-0.15, -0.1) is 0 Å². The monoisotopic (exact) mass is 187 g/mol. The van der Waals surface area contributed by atoms with Crippen LogP contribution in [0.4, 0.5) is 0 Å². The zero-order valence-corrected chi connectivity index (χ0v) is 9.60. The highest BCUT2D eigenvalue weighted by molar-refractivity contribution is 4.57. The first-order valence-electron chi connectivity index (χ1n) is 5.59. The lowest BCUT2D eigenvalue weighted by Gasteiger charge is -2.16. The van der Waals surface area contributed by atoms with Gasteiger partial charge in [-0.25, -0.2) is 5.48 Å². The molecule has 1 N–H and O–H groups in total. The van der Waals surface area contributed by atoms with Crippen molar-refractivity contribution in [2.24, 2.45) is 5.92 Å². The smallest absolute Gasteiger partial charge is 0.0734 e. The number of hydrogen-bond donors (Lipinski definition) is 1. The van der Waals surface area contributed by atoms with Crippen LogP contribution < -0.4 is 5.48 Å². The Morgan fingerprint density at radius 1 is 1.23 bits per heavy atom. The molecule has 0 aliphatic heterocycles. The molecule has 0 fully saturated rings. The summed E-state index contributed by atoms with van der Waals surface area (Å²) in [5.74, 6) is 0.777. The predicted octanol–water partition coefficient (Wildman–Crippen LogP) is 3.13. The average molecular weight is 187 g/mol. The molecule has 0 aromatic heterocycles. The van der Waals surface area contributed by atoms with E-state index >= 15 is 0 Å². The Morgan fingerprint density at radius 2 is 1.92 bits per heavy atom. The van der Waals surface area contributed by atoms with Crippen molar-refractivity contribution in [2.45, 2.75) is 59.5 Å². The molecule has 0 heterocycles. The van der Waals surface area contributed by atoms with Gasteiger partial charge in [0.05, 0.1) is 6.10 Å². The van der Waals surface area contributed by atoms with Crippen LogP contribution >= 0.6 is 0 Å². The Labute approximate surface area is 83.0 Å². The van der Waals surface area contributed by atoms with Gasteiger partial charge in [0.2, 0.25) is 0 Å². The first-order chi connectivity index (χ1) is 6.20. The van der Waals surface area contributed by atoms with Gasteiger partial charge in [-0.05, 0) is 26.2 Å². The minimum absolute atomic E-state index is 0.281. The molecule has 0 radical (unpaired) electrons. The number of unbranched alkanes of at least 4 members (excludes halogenated alkanes) is 1. The third-order valence-corrected chi connectivity index (χ3v) is 2.23. The van der Waals surface area contributed by atoms with Gasteiger partial charge in [0.1, 0.15) is 0 Å². The first kappa shape index (κ1) is 12.9. The van der Waals surface area contributed by atoms with Gasteiger partial charge in [0.15, 0.2) is 0 Å². The second kappa shape index (κ2) is 8.52. The highest BCUT2D eigenvalue weighted by Gasteiger charge is 2.05. The highest BCUT2D eigenvalue weighted by atomic mass is 16.7. The molecule has 2 nitrogen and oxygen atoms in total. The maximum absolute atomic E-state index is 5.30. The van der Waals surface area contributed by atoms with Crippen molar-refractivity contribution in [1.82, 2.24) is 5.48 Å². The summed E-state index contributed by atoms with van der Waals surface area (Å²) in [4.78, 5) is 5.30. The van der Waals surface area contributed by atoms with E-state index in [1.165, 1.54) is 25.7 Å². The summed E-state index contributed by atoms with van der Waals surface area (Å²) >= 11 is 0. The third-order valence-electron chi connectivity index (χ3n) is 2.23. The van der Waals surface area contributed by atoms with Gasteiger partial charge in [-0.2, -0.15) is 0 Å². The minimum atomic E-state index is 0.281. The normalized spacial score (nSPS) is 13.6. The van der Waals surface area contributed by atoms with Gasteiger partial charge < -0.3 is 0 Å².